The lowest BCUT2D eigenvalue weighted by molar-refractivity contribution is 0.0521. The third kappa shape index (κ3) is 4.36. The molecule has 2 aliphatic rings. The third-order valence-electron chi connectivity index (χ3n) is 4.99. The van der Waals surface area contributed by atoms with Gasteiger partial charge in [0, 0.05) is 18.7 Å². The normalized spacial score (nSPS) is 18.0. The molecule has 1 N–H and O–H groups in total. The number of hydrogen-bond acceptors (Lipinski definition) is 6. The number of fused-ring (bicyclic) bond motifs is 1. The molecule has 1 atom stereocenters. The van der Waals surface area contributed by atoms with E-state index in [9.17, 15) is 13.2 Å². The Labute approximate surface area is 175 Å². The number of likely N-dealkylation sites (N-methyl/N-ethyl adjacent to an activating group) is 1. The van der Waals surface area contributed by atoms with Crippen molar-refractivity contribution >= 4 is 15.9 Å². The van der Waals surface area contributed by atoms with Gasteiger partial charge in [0.1, 0.15) is 17.3 Å². The number of methoxy groups -OCH3 is 1. The summed E-state index contributed by atoms with van der Waals surface area (Å²) in [7, 11) is -0.727. The van der Waals surface area contributed by atoms with Gasteiger partial charge in [-0.15, -0.1) is 0 Å². The van der Waals surface area contributed by atoms with E-state index in [-0.39, 0.29) is 34.3 Å². The molecule has 0 saturated heterocycles. The fourth-order valence-corrected chi connectivity index (χ4v) is 4.77. The molecule has 0 radical (unpaired) electrons. The van der Waals surface area contributed by atoms with Gasteiger partial charge in [-0.05, 0) is 43.2 Å². The second kappa shape index (κ2) is 8.16. The van der Waals surface area contributed by atoms with Crippen molar-refractivity contribution in [2.24, 2.45) is 0 Å². The predicted molar refractivity (Wildman–Crippen MR) is 110 cm³/mol. The summed E-state index contributed by atoms with van der Waals surface area (Å²) in [6.07, 6.45) is 1.30. The first kappa shape index (κ1) is 20.5. The van der Waals surface area contributed by atoms with Crippen molar-refractivity contribution in [3.8, 4) is 17.2 Å². The number of benzene rings is 2. The number of rotatable bonds is 7. The average molecular weight is 432 g/mol. The second-order valence-corrected chi connectivity index (χ2v) is 9.13. The van der Waals surface area contributed by atoms with Crippen molar-refractivity contribution in [1.82, 2.24) is 9.62 Å². The first-order valence-corrected chi connectivity index (χ1v) is 11.2. The van der Waals surface area contributed by atoms with E-state index >= 15 is 0 Å². The molecule has 8 nitrogen and oxygen atoms in total. The minimum atomic E-state index is -3.77. The number of para-hydroxylation sites is 2. The molecule has 1 saturated carbocycles. The number of carbonyl (C=O) groups is 1. The molecular weight excluding hydrogens is 408 g/mol. The van der Waals surface area contributed by atoms with Gasteiger partial charge in [0.15, 0.2) is 17.6 Å². The maximum absolute atomic E-state index is 13.0. The standard InChI is InChI=1S/C21H24N2O6S/c1-23(12-16-13-28-17-5-3-4-6-18(17)29-16)21(24)14-7-10-19(27-2)20(11-14)30(25,26)22-15-8-9-15/h3-7,10-11,15-16,22H,8-9,12-13H2,1-2H3/t16-/m0/s1. The maximum Gasteiger partial charge on any atom is 0.253 e. The van der Waals surface area contributed by atoms with E-state index in [1.807, 2.05) is 24.3 Å². The van der Waals surface area contributed by atoms with E-state index in [1.165, 1.54) is 24.1 Å². The Bertz CT molecular complexity index is 1050. The zero-order valence-electron chi connectivity index (χ0n) is 16.8. The van der Waals surface area contributed by atoms with Crippen LogP contribution in [-0.2, 0) is 10.0 Å². The minimum absolute atomic E-state index is 0.0395. The lowest BCUT2D eigenvalue weighted by Gasteiger charge is -2.29. The molecule has 1 amide bonds. The smallest absolute Gasteiger partial charge is 0.253 e. The summed E-state index contributed by atoms with van der Waals surface area (Å²) < 4.78 is 44.8. The summed E-state index contributed by atoms with van der Waals surface area (Å²) in [4.78, 5) is 14.4. The predicted octanol–water partition coefficient (Wildman–Crippen LogP) is 2.05. The zero-order chi connectivity index (χ0) is 21.3. The van der Waals surface area contributed by atoms with Gasteiger partial charge in [0.2, 0.25) is 10.0 Å². The first-order valence-electron chi connectivity index (χ1n) is 9.71. The Hall–Kier alpha value is -2.78. The molecule has 30 heavy (non-hydrogen) atoms. The Morgan fingerprint density at radius 2 is 1.93 bits per heavy atom. The number of ether oxygens (including phenoxy) is 3. The monoisotopic (exact) mass is 432 g/mol. The van der Waals surface area contributed by atoms with Crippen LogP contribution >= 0.6 is 0 Å². The van der Waals surface area contributed by atoms with Crippen LogP contribution in [0.1, 0.15) is 23.2 Å². The van der Waals surface area contributed by atoms with Gasteiger partial charge in [-0.1, -0.05) is 12.1 Å². The lowest BCUT2D eigenvalue weighted by Crippen LogP contribution is -2.41. The van der Waals surface area contributed by atoms with Crippen LogP contribution < -0.4 is 18.9 Å². The lowest BCUT2D eigenvalue weighted by atomic mass is 10.2. The second-order valence-electron chi connectivity index (χ2n) is 7.44. The van der Waals surface area contributed by atoms with E-state index in [4.69, 9.17) is 14.2 Å². The van der Waals surface area contributed by atoms with Crippen molar-refractivity contribution < 1.29 is 27.4 Å². The van der Waals surface area contributed by atoms with E-state index < -0.39 is 10.0 Å². The summed E-state index contributed by atoms with van der Waals surface area (Å²) in [5.74, 6) is 1.19. The highest BCUT2D eigenvalue weighted by molar-refractivity contribution is 7.89. The molecule has 160 valence electrons. The Balaban J connectivity index is 1.49. The van der Waals surface area contributed by atoms with Crippen LogP contribution in [0, 0.1) is 0 Å². The molecule has 9 heteroatoms. The summed E-state index contributed by atoms with van der Waals surface area (Å²) in [5, 5.41) is 0. The highest BCUT2D eigenvalue weighted by Gasteiger charge is 2.31. The first-order chi connectivity index (χ1) is 14.4. The molecule has 0 bridgehead atoms. The van der Waals surface area contributed by atoms with Gasteiger partial charge in [0.25, 0.3) is 5.91 Å². The number of nitrogens with one attached hydrogen (secondary N) is 1. The van der Waals surface area contributed by atoms with E-state index in [1.54, 1.807) is 13.1 Å². The van der Waals surface area contributed by atoms with Gasteiger partial charge in [-0.3, -0.25) is 4.79 Å². The van der Waals surface area contributed by atoms with E-state index in [0.29, 0.717) is 24.7 Å². The van der Waals surface area contributed by atoms with Crippen LogP contribution in [-0.4, -0.2) is 58.7 Å². The number of carbonyl (C=O) groups excluding carboxylic acids is 1. The summed E-state index contributed by atoms with van der Waals surface area (Å²) in [5.41, 5.74) is 0.256. The molecule has 2 aromatic rings. The van der Waals surface area contributed by atoms with Crippen LogP contribution in [0.3, 0.4) is 0 Å². The van der Waals surface area contributed by atoms with Crippen LogP contribution in [0.2, 0.25) is 0 Å². The number of amides is 1. The van der Waals surface area contributed by atoms with Gasteiger partial charge in [-0.25, -0.2) is 13.1 Å². The molecule has 2 aromatic carbocycles. The number of nitrogens with zero attached hydrogens (tertiary/aromatic N) is 1. The van der Waals surface area contributed by atoms with Crippen LogP contribution in [0.25, 0.3) is 0 Å². The maximum atomic E-state index is 13.0. The summed E-state index contributed by atoms with van der Waals surface area (Å²) in [6.45, 7) is 0.615. The minimum Gasteiger partial charge on any atom is -0.495 e. The quantitative estimate of drug-likeness (QED) is 0.720. The van der Waals surface area contributed by atoms with Crippen LogP contribution in [0.5, 0.6) is 17.2 Å². The van der Waals surface area contributed by atoms with Gasteiger partial charge < -0.3 is 19.1 Å². The molecular formula is C21H24N2O6S. The molecule has 1 fully saturated rings. The molecule has 1 aliphatic carbocycles. The van der Waals surface area contributed by atoms with Crippen molar-refractivity contribution in [1.29, 1.82) is 0 Å². The number of hydrogen-bond donors (Lipinski definition) is 1. The largest absolute Gasteiger partial charge is 0.495 e. The van der Waals surface area contributed by atoms with Gasteiger partial charge >= 0.3 is 0 Å². The average Bonchev–Trinajstić information content (AvgIpc) is 3.56. The van der Waals surface area contributed by atoms with Crippen molar-refractivity contribution in [3.05, 3.63) is 48.0 Å². The van der Waals surface area contributed by atoms with Crippen molar-refractivity contribution in [2.45, 2.75) is 29.9 Å². The van der Waals surface area contributed by atoms with Crippen molar-refractivity contribution in [3.63, 3.8) is 0 Å². The summed E-state index contributed by atoms with van der Waals surface area (Å²) >= 11 is 0. The van der Waals surface area contributed by atoms with Crippen molar-refractivity contribution in [2.75, 3.05) is 27.3 Å². The highest BCUT2D eigenvalue weighted by Crippen LogP contribution is 2.31. The molecule has 1 aliphatic heterocycles. The molecule has 0 spiro atoms. The Morgan fingerprint density at radius 3 is 2.63 bits per heavy atom. The van der Waals surface area contributed by atoms with Gasteiger partial charge in [-0.2, -0.15) is 0 Å². The number of sulfonamides is 1. The van der Waals surface area contributed by atoms with E-state index in [2.05, 4.69) is 4.72 Å². The Kier molecular flexibility index (Phi) is 5.57. The molecule has 0 unspecified atom stereocenters. The van der Waals surface area contributed by atoms with Gasteiger partial charge in [0.05, 0.1) is 13.7 Å². The fourth-order valence-electron chi connectivity index (χ4n) is 3.27. The van der Waals surface area contributed by atoms with E-state index in [0.717, 1.165) is 12.8 Å². The van der Waals surface area contributed by atoms with Crippen LogP contribution in [0.15, 0.2) is 47.4 Å². The molecule has 0 aromatic heterocycles. The molecule has 1 heterocycles. The summed E-state index contributed by atoms with van der Waals surface area (Å²) in [6, 6.07) is 11.7. The third-order valence-corrected chi connectivity index (χ3v) is 6.53. The topological polar surface area (TPSA) is 94.2 Å². The fraction of sp³-hybridized carbons (Fsp3) is 0.381. The molecule has 4 rings (SSSR count). The highest BCUT2D eigenvalue weighted by atomic mass is 32.2. The Morgan fingerprint density at radius 1 is 1.20 bits per heavy atom. The zero-order valence-corrected chi connectivity index (χ0v) is 17.6. The van der Waals surface area contributed by atoms with Crippen LogP contribution in [0.4, 0.5) is 0 Å². The SMILES string of the molecule is COc1ccc(C(=O)N(C)C[C@H]2COc3ccccc3O2)cc1S(=O)(=O)NC1CC1.